The molecule has 2 rings (SSSR count). The molecule has 0 heterocycles. The molecular weight excluding hydrogens is 319 g/mol. The highest BCUT2D eigenvalue weighted by molar-refractivity contribution is 7.89. The van der Waals surface area contributed by atoms with Crippen molar-refractivity contribution in [2.75, 3.05) is 18.8 Å². The van der Waals surface area contributed by atoms with Gasteiger partial charge in [-0.05, 0) is 61.8 Å². The molecule has 130 valence electrons. The molecule has 0 amide bonds. The van der Waals surface area contributed by atoms with Gasteiger partial charge in [-0.2, -0.15) is 0 Å². The number of aliphatic hydroxyl groups is 1. The van der Waals surface area contributed by atoms with E-state index in [9.17, 15) is 17.9 Å². The van der Waals surface area contributed by atoms with Crippen molar-refractivity contribution in [2.45, 2.75) is 31.8 Å². The number of hydrogen-bond donors (Lipinski definition) is 3. The summed E-state index contributed by atoms with van der Waals surface area (Å²) >= 11 is 0. The summed E-state index contributed by atoms with van der Waals surface area (Å²) in [6.45, 7) is 1.15. The zero-order chi connectivity index (χ0) is 16.9. The van der Waals surface area contributed by atoms with E-state index >= 15 is 0 Å². The summed E-state index contributed by atoms with van der Waals surface area (Å²) < 4.78 is 35.3. The minimum atomic E-state index is -3.38. The first-order valence-electron chi connectivity index (χ1n) is 7.98. The van der Waals surface area contributed by atoms with E-state index in [4.69, 9.17) is 5.14 Å². The molecule has 1 aromatic carbocycles. The Labute approximate surface area is 137 Å². The van der Waals surface area contributed by atoms with Crippen LogP contribution >= 0.6 is 0 Å². The van der Waals surface area contributed by atoms with E-state index in [1.54, 1.807) is 12.1 Å². The fourth-order valence-electron chi connectivity index (χ4n) is 3.19. The van der Waals surface area contributed by atoms with Gasteiger partial charge >= 0.3 is 0 Å². The fraction of sp³-hybridized carbons (Fsp3) is 0.625. The first-order valence-corrected chi connectivity index (χ1v) is 9.70. The lowest BCUT2D eigenvalue weighted by molar-refractivity contribution is 0.169. The van der Waals surface area contributed by atoms with Crippen molar-refractivity contribution in [3.63, 3.8) is 0 Å². The molecule has 7 heteroatoms. The molecule has 5 nitrogen and oxygen atoms in total. The van der Waals surface area contributed by atoms with Gasteiger partial charge in [0.05, 0.1) is 11.9 Å². The maximum absolute atomic E-state index is 13.1. The van der Waals surface area contributed by atoms with Gasteiger partial charge in [0.1, 0.15) is 5.82 Å². The number of nitrogens with one attached hydrogen (secondary N) is 1. The van der Waals surface area contributed by atoms with Crippen LogP contribution in [0.3, 0.4) is 0 Å². The zero-order valence-electron chi connectivity index (χ0n) is 13.1. The summed E-state index contributed by atoms with van der Waals surface area (Å²) in [4.78, 5) is 0. The summed E-state index contributed by atoms with van der Waals surface area (Å²) in [7, 11) is -3.38. The number of sulfonamides is 1. The first kappa shape index (κ1) is 18.3. The molecule has 0 aliphatic heterocycles. The number of rotatable bonds is 7. The van der Waals surface area contributed by atoms with E-state index in [0.717, 1.165) is 32.2 Å². The van der Waals surface area contributed by atoms with Crippen LogP contribution in [-0.4, -0.2) is 32.4 Å². The molecular formula is C16H25FN2O3S. The summed E-state index contributed by atoms with van der Waals surface area (Å²) in [6, 6.07) is 5.98. The highest BCUT2D eigenvalue weighted by Gasteiger charge is 2.24. The van der Waals surface area contributed by atoms with Gasteiger partial charge in [-0.1, -0.05) is 12.1 Å². The van der Waals surface area contributed by atoms with Crippen LogP contribution in [0.1, 0.15) is 37.4 Å². The molecule has 0 radical (unpaired) electrons. The van der Waals surface area contributed by atoms with E-state index in [2.05, 4.69) is 5.32 Å². The van der Waals surface area contributed by atoms with Gasteiger partial charge in [-0.3, -0.25) is 0 Å². The van der Waals surface area contributed by atoms with E-state index in [0.29, 0.717) is 18.0 Å². The average molecular weight is 344 g/mol. The van der Waals surface area contributed by atoms with Crippen molar-refractivity contribution in [1.29, 1.82) is 0 Å². The molecule has 0 unspecified atom stereocenters. The zero-order valence-corrected chi connectivity index (χ0v) is 13.9. The van der Waals surface area contributed by atoms with Crippen molar-refractivity contribution < 1.29 is 17.9 Å². The van der Waals surface area contributed by atoms with E-state index < -0.39 is 16.1 Å². The third kappa shape index (κ3) is 6.55. The van der Waals surface area contributed by atoms with Gasteiger partial charge in [0.25, 0.3) is 0 Å². The summed E-state index contributed by atoms with van der Waals surface area (Å²) in [5.74, 6) is 0.367. The smallest absolute Gasteiger partial charge is 0.209 e. The Kier molecular flexibility index (Phi) is 6.52. The number of hydrogen-bond acceptors (Lipinski definition) is 4. The van der Waals surface area contributed by atoms with Gasteiger partial charge in [0.15, 0.2) is 0 Å². The Morgan fingerprint density at radius 2 is 1.91 bits per heavy atom. The van der Waals surface area contributed by atoms with Crippen LogP contribution in [-0.2, 0) is 10.0 Å². The predicted molar refractivity (Wildman–Crippen MR) is 87.7 cm³/mol. The maximum Gasteiger partial charge on any atom is 0.209 e. The molecule has 0 bridgehead atoms. The Morgan fingerprint density at radius 3 is 2.52 bits per heavy atom. The van der Waals surface area contributed by atoms with Crippen molar-refractivity contribution >= 4 is 10.0 Å². The lowest BCUT2D eigenvalue weighted by Crippen LogP contribution is -2.32. The number of benzene rings is 1. The third-order valence-electron chi connectivity index (χ3n) is 4.44. The average Bonchev–Trinajstić information content (AvgIpc) is 2.47. The van der Waals surface area contributed by atoms with Gasteiger partial charge in [-0.25, -0.2) is 17.9 Å². The van der Waals surface area contributed by atoms with Gasteiger partial charge < -0.3 is 10.4 Å². The number of nitrogens with two attached hydrogens (primary N) is 1. The van der Waals surface area contributed by atoms with Gasteiger partial charge in [0, 0.05) is 6.54 Å². The van der Waals surface area contributed by atoms with Crippen LogP contribution in [0.5, 0.6) is 0 Å². The SMILES string of the molecule is NS(=O)(=O)CC1CCC(CNC[C@H](O)c2cccc(F)c2)CC1. The standard InChI is InChI=1S/C16H25FN2O3S/c17-15-3-1-2-14(8-15)16(20)10-19-9-12-4-6-13(7-5-12)11-23(18,21)22/h1-3,8,12-13,16,19-20H,4-7,9-11H2,(H2,18,21,22)/t12?,13?,16-/m0/s1. The molecule has 23 heavy (non-hydrogen) atoms. The molecule has 1 aromatic rings. The predicted octanol–water partition coefficient (Wildman–Crippen LogP) is 1.54. The second kappa shape index (κ2) is 8.19. The van der Waals surface area contributed by atoms with E-state index in [1.165, 1.54) is 12.1 Å². The summed E-state index contributed by atoms with van der Waals surface area (Å²) in [5, 5.41) is 18.3. The van der Waals surface area contributed by atoms with Gasteiger partial charge in [0.2, 0.25) is 10.0 Å². The number of halogens is 1. The fourth-order valence-corrected chi connectivity index (χ4v) is 4.18. The highest BCUT2D eigenvalue weighted by atomic mass is 32.2. The summed E-state index contributed by atoms with van der Waals surface area (Å²) in [5.41, 5.74) is 0.564. The largest absolute Gasteiger partial charge is 0.387 e. The quantitative estimate of drug-likeness (QED) is 0.700. The molecule has 1 aliphatic rings. The summed E-state index contributed by atoms with van der Waals surface area (Å²) in [6.07, 6.45) is 2.93. The normalized spacial score (nSPS) is 23.6. The van der Waals surface area contributed by atoms with Crippen LogP contribution in [0, 0.1) is 17.7 Å². The highest BCUT2D eigenvalue weighted by Crippen LogP contribution is 2.29. The van der Waals surface area contributed by atoms with Crippen LogP contribution in [0.25, 0.3) is 0 Å². The maximum atomic E-state index is 13.1. The van der Waals surface area contributed by atoms with Crippen molar-refractivity contribution in [2.24, 2.45) is 17.0 Å². The molecule has 1 saturated carbocycles. The van der Waals surface area contributed by atoms with Crippen molar-refractivity contribution in [3.05, 3.63) is 35.6 Å². The molecule has 0 saturated heterocycles. The van der Waals surface area contributed by atoms with E-state index in [-0.39, 0.29) is 17.5 Å². The van der Waals surface area contributed by atoms with Gasteiger partial charge in [-0.15, -0.1) is 0 Å². The Hall–Kier alpha value is -1.02. The lowest BCUT2D eigenvalue weighted by atomic mass is 9.83. The number of primary sulfonamides is 1. The van der Waals surface area contributed by atoms with Crippen LogP contribution in [0.15, 0.2) is 24.3 Å². The lowest BCUT2D eigenvalue weighted by Gasteiger charge is -2.28. The molecule has 0 aromatic heterocycles. The first-order chi connectivity index (χ1) is 10.8. The topological polar surface area (TPSA) is 92.4 Å². The Bertz CT molecular complexity index is 601. The minimum Gasteiger partial charge on any atom is -0.387 e. The monoisotopic (exact) mass is 344 g/mol. The molecule has 1 atom stereocenters. The Balaban J connectivity index is 1.68. The Morgan fingerprint density at radius 1 is 1.26 bits per heavy atom. The third-order valence-corrected chi connectivity index (χ3v) is 5.37. The second-order valence-corrected chi connectivity index (χ2v) is 8.10. The van der Waals surface area contributed by atoms with Crippen molar-refractivity contribution in [3.8, 4) is 0 Å². The minimum absolute atomic E-state index is 0.0748. The number of aliphatic hydroxyl groups excluding tert-OH is 1. The molecule has 4 N–H and O–H groups in total. The van der Waals surface area contributed by atoms with Crippen molar-refractivity contribution in [1.82, 2.24) is 5.32 Å². The molecule has 0 spiro atoms. The van der Waals surface area contributed by atoms with E-state index in [1.807, 2.05) is 0 Å². The van der Waals surface area contributed by atoms with Crippen LogP contribution in [0.4, 0.5) is 4.39 Å². The second-order valence-electron chi connectivity index (χ2n) is 6.45. The molecule has 1 aliphatic carbocycles. The van der Waals surface area contributed by atoms with Crippen LogP contribution in [0.2, 0.25) is 0 Å². The van der Waals surface area contributed by atoms with Crippen LogP contribution < -0.4 is 10.5 Å². The molecule has 1 fully saturated rings.